The van der Waals surface area contributed by atoms with E-state index in [4.69, 9.17) is 25.3 Å². The Balaban J connectivity index is 1.83. The van der Waals surface area contributed by atoms with E-state index in [0.717, 1.165) is 5.56 Å². The third kappa shape index (κ3) is 7.12. The lowest BCUT2D eigenvalue weighted by Gasteiger charge is -2.39. The van der Waals surface area contributed by atoms with Gasteiger partial charge in [-0.25, -0.2) is 4.99 Å². The second kappa shape index (κ2) is 11.9. The lowest BCUT2D eigenvalue weighted by Crippen LogP contribution is -2.51. The molecule has 1 aliphatic heterocycles. The Morgan fingerprint density at radius 1 is 1.03 bits per heavy atom. The van der Waals surface area contributed by atoms with Crippen LogP contribution in [0.3, 0.4) is 0 Å². The monoisotopic (exact) mass is 475 g/mol. The molecule has 10 nitrogen and oxygen atoms in total. The van der Waals surface area contributed by atoms with Crippen molar-refractivity contribution in [2.45, 2.75) is 43.7 Å². The fraction of sp³-hybridized carbons (Fsp3) is 0.381. The molecule has 1 fully saturated rings. The molecule has 0 spiro atoms. The molecular weight excluding hydrogens is 455 g/mol. The number of rotatable bonds is 8. The number of ether oxygens (including phenoxy) is 3. The average molecular weight is 475 g/mol. The molecule has 0 amide bonds. The van der Waals surface area contributed by atoms with Crippen molar-refractivity contribution in [1.29, 1.82) is 0 Å². The molecule has 3 rings (SSSR count). The summed E-state index contributed by atoms with van der Waals surface area (Å²) < 4.78 is 57.6. The second-order valence-electron chi connectivity index (χ2n) is 7.17. The molecule has 2 aromatic rings. The molecule has 4 atom stereocenters. The van der Waals surface area contributed by atoms with Gasteiger partial charge in [-0.15, -0.1) is 0 Å². The lowest BCUT2D eigenvalue weighted by atomic mass is 10.0. The summed E-state index contributed by atoms with van der Waals surface area (Å²) in [5.74, 6) is -1.56. The highest BCUT2D eigenvalue weighted by Gasteiger charge is 2.45. The number of azide groups is 2. The van der Waals surface area contributed by atoms with Crippen molar-refractivity contribution in [1.82, 2.24) is 0 Å². The van der Waals surface area contributed by atoms with Gasteiger partial charge in [-0.1, -0.05) is 58.8 Å². The molecule has 0 saturated carbocycles. The Labute approximate surface area is 192 Å². The highest BCUT2D eigenvalue weighted by Crippen LogP contribution is 2.31. The van der Waals surface area contributed by atoms with Crippen LogP contribution in [-0.2, 0) is 20.8 Å². The van der Waals surface area contributed by atoms with Crippen molar-refractivity contribution < 1.29 is 27.4 Å². The second-order valence-corrected chi connectivity index (χ2v) is 7.17. The van der Waals surface area contributed by atoms with Crippen LogP contribution in [0.1, 0.15) is 12.0 Å². The summed E-state index contributed by atoms with van der Waals surface area (Å²) in [5, 5.41) is 7.02. The Hall–Kier alpha value is -3.76. The minimum atomic E-state index is -4.94. The Kier molecular flexibility index (Phi) is 8.72. The van der Waals surface area contributed by atoms with Crippen molar-refractivity contribution in [3.8, 4) is 0 Å². The van der Waals surface area contributed by atoms with Crippen molar-refractivity contribution >= 4 is 11.6 Å². The number of alkyl halides is 3. The van der Waals surface area contributed by atoms with Gasteiger partial charge in [0.05, 0.1) is 31.0 Å². The van der Waals surface area contributed by atoms with E-state index in [9.17, 15) is 13.2 Å². The summed E-state index contributed by atoms with van der Waals surface area (Å²) in [4.78, 5) is 8.93. The first-order chi connectivity index (χ1) is 16.4. The van der Waals surface area contributed by atoms with Crippen molar-refractivity contribution in [3.05, 3.63) is 87.1 Å². The van der Waals surface area contributed by atoms with E-state index in [2.05, 4.69) is 25.0 Å². The summed E-state index contributed by atoms with van der Waals surface area (Å²) in [6, 6.07) is 15.4. The van der Waals surface area contributed by atoms with Crippen LogP contribution in [0.25, 0.3) is 20.9 Å². The Bertz CT molecular complexity index is 1060. The first-order valence-electron chi connectivity index (χ1n) is 10.1. The van der Waals surface area contributed by atoms with Crippen LogP contribution < -0.4 is 0 Å². The highest BCUT2D eigenvalue weighted by atomic mass is 19.4. The number of aliphatic imine (C=N–C) groups is 1. The van der Waals surface area contributed by atoms with E-state index < -0.39 is 36.6 Å². The summed E-state index contributed by atoms with van der Waals surface area (Å²) >= 11 is 0. The maximum atomic E-state index is 13.7. The molecule has 1 aliphatic rings. The summed E-state index contributed by atoms with van der Waals surface area (Å²) in [5.41, 5.74) is 18.5. The van der Waals surface area contributed by atoms with E-state index in [1.54, 1.807) is 6.07 Å². The molecule has 0 bridgehead atoms. The van der Waals surface area contributed by atoms with Crippen molar-refractivity contribution in [2.75, 3.05) is 6.54 Å². The minimum absolute atomic E-state index is 0.0145. The van der Waals surface area contributed by atoms with Crippen LogP contribution in [0, 0.1) is 0 Å². The molecule has 0 N–H and O–H groups in total. The van der Waals surface area contributed by atoms with Crippen LogP contribution in [-0.4, -0.2) is 43.2 Å². The number of para-hydroxylation sites is 1. The van der Waals surface area contributed by atoms with E-state index in [0.29, 0.717) is 0 Å². The van der Waals surface area contributed by atoms with Gasteiger partial charge in [0.15, 0.2) is 0 Å². The molecule has 0 aromatic heterocycles. The smallest absolute Gasteiger partial charge is 0.444 e. The standard InChI is InChI=1S/C21H20F3N7O3/c22-21(23,24)20(28-15-9-5-2-6-10-15)34-19-16(29-31-26)11-17(18(33-19)12-27-30-25)32-13-14-7-3-1-4-8-14/h1-10,16-19H,11-13H2/b28-20+/t16-,17+,18-,19?/m1/s1. The number of hydrogen-bond acceptors (Lipinski definition) is 6. The third-order valence-corrected chi connectivity index (χ3v) is 4.80. The average Bonchev–Trinajstić information content (AvgIpc) is 2.83. The number of nitrogens with zero attached hydrogens (tertiary/aromatic N) is 7. The van der Waals surface area contributed by atoms with Gasteiger partial charge in [0.25, 0.3) is 5.90 Å². The Morgan fingerprint density at radius 3 is 2.32 bits per heavy atom. The van der Waals surface area contributed by atoms with Gasteiger partial charge in [-0.3, -0.25) is 0 Å². The number of benzene rings is 2. The highest BCUT2D eigenvalue weighted by molar-refractivity contribution is 5.84. The molecule has 1 saturated heterocycles. The summed E-state index contributed by atoms with van der Waals surface area (Å²) in [6.07, 6.45) is -8.28. The predicted octanol–water partition coefficient (Wildman–Crippen LogP) is 5.99. The Morgan fingerprint density at radius 2 is 1.71 bits per heavy atom. The van der Waals surface area contributed by atoms with Crippen LogP contribution >= 0.6 is 0 Å². The van der Waals surface area contributed by atoms with E-state index >= 15 is 0 Å². The quantitative estimate of drug-likeness (QED) is 0.152. The zero-order chi connectivity index (χ0) is 24.4. The summed E-state index contributed by atoms with van der Waals surface area (Å²) in [6.45, 7) is -0.0601. The number of hydrogen-bond donors (Lipinski definition) is 0. The number of halogens is 3. The molecule has 178 valence electrons. The molecule has 1 heterocycles. The molecule has 13 heteroatoms. The third-order valence-electron chi connectivity index (χ3n) is 4.80. The zero-order valence-electron chi connectivity index (χ0n) is 17.7. The first kappa shape index (κ1) is 24.9. The normalized spacial score (nSPS) is 22.9. The zero-order valence-corrected chi connectivity index (χ0v) is 17.7. The molecule has 2 aromatic carbocycles. The summed E-state index contributed by atoms with van der Waals surface area (Å²) in [7, 11) is 0. The fourth-order valence-electron chi connectivity index (χ4n) is 3.24. The van der Waals surface area contributed by atoms with Crippen LogP contribution in [0.15, 0.2) is 75.9 Å². The van der Waals surface area contributed by atoms with Crippen molar-refractivity contribution in [2.24, 2.45) is 15.2 Å². The van der Waals surface area contributed by atoms with E-state index in [1.807, 2.05) is 30.3 Å². The van der Waals surface area contributed by atoms with E-state index in [-0.39, 0.29) is 25.3 Å². The SMILES string of the molecule is [N-]=[N+]=NC[C@H]1OC(O/C(=N/c2ccccc2)C(F)(F)F)[C@H](N=[N+]=[N-])C[C@@H]1OCc1ccccc1. The molecular formula is C21H20F3N7O3. The van der Waals surface area contributed by atoms with Gasteiger partial charge < -0.3 is 14.2 Å². The molecule has 34 heavy (non-hydrogen) atoms. The van der Waals surface area contributed by atoms with Crippen molar-refractivity contribution in [3.63, 3.8) is 0 Å². The van der Waals surface area contributed by atoms with Gasteiger partial charge in [0, 0.05) is 9.82 Å². The maximum absolute atomic E-state index is 13.7. The van der Waals surface area contributed by atoms with Crippen LogP contribution in [0.5, 0.6) is 0 Å². The topological polar surface area (TPSA) is 138 Å². The van der Waals surface area contributed by atoms with Crippen LogP contribution in [0.2, 0.25) is 0 Å². The van der Waals surface area contributed by atoms with Gasteiger partial charge in [0.2, 0.25) is 6.29 Å². The molecule has 0 aliphatic carbocycles. The minimum Gasteiger partial charge on any atom is -0.444 e. The van der Waals surface area contributed by atoms with Gasteiger partial charge in [0.1, 0.15) is 6.04 Å². The van der Waals surface area contributed by atoms with Crippen LogP contribution in [0.4, 0.5) is 18.9 Å². The lowest BCUT2D eigenvalue weighted by molar-refractivity contribution is -0.218. The first-order valence-corrected chi connectivity index (χ1v) is 10.1. The predicted molar refractivity (Wildman–Crippen MR) is 116 cm³/mol. The van der Waals surface area contributed by atoms with E-state index in [1.165, 1.54) is 24.3 Å². The fourth-order valence-corrected chi connectivity index (χ4v) is 3.24. The van der Waals surface area contributed by atoms with Gasteiger partial charge in [-0.05, 0) is 35.2 Å². The molecule has 0 radical (unpaired) electrons. The maximum Gasteiger partial charge on any atom is 0.468 e. The molecule has 1 unspecified atom stereocenters. The van der Waals surface area contributed by atoms with Gasteiger partial charge >= 0.3 is 6.18 Å². The largest absolute Gasteiger partial charge is 0.468 e. The van der Waals surface area contributed by atoms with Gasteiger partial charge in [-0.2, -0.15) is 13.2 Å².